The normalized spacial score (nSPS) is 21.6. The average Bonchev–Trinajstić information content (AvgIpc) is 3.05. The summed E-state index contributed by atoms with van der Waals surface area (Å²) in [5, 5.41) is 40.1. The summed E-state index contributed by atoms with van der Waals surface area (Å²) in [6.45, 7) is -0.395. The molecule has 0 spiro atoms. The number of carbonyl (C=O) groups excluding carboxylic acids is 4. The molecule has 0 aliphatic carbocycles. The Labute approximate surface area is 300 Å². The van der Waals surface area contributed by atoms with E-state index in [0.717, 1.165) is 25.1 Å². The van der Waals surface area contributed by atoms with Gasteiger partial charge in [0, 0.05) is 36.0 Å². The minimum Gasteiger partial charge on any atom is -0.544 e. The van der Waals surface area contributed by atoms with Gasteiger partial charge in [0.1, 0.15) is 24.3 Å². The van der Waals surface area contributed by atoms with Gasteiger partial charge in [0.05, 0.1) is 24.3 Å². The molecular weight excluding hydrogens is 669 g/mol. The molecule has 2 amide bonds. The molecule has 4 N–H and O–H groups in total. The number of aliphatic carboxylic acids is 1. The van der Waals surface area contributed by atoms with Crippen LogP contribution < -0.4 is 45.3 Å². The number of amides is 2. The van der Waals surface area contributed by atoms with Gasteiger partial charge in [0.2, 0.25) is 11.7 Å². The Bertz CT molecular complexity index is 1600. The predicted octanol–water partition coefficient (Wildman–Crippen LogP) is -1.74. The van der Waals surface area contributed by atoms with Crippen LogP contribution in [0.1, 0.15) is 39.6 Å². The fourth-order valence-electron chi connectivity index (χ4n) is 4.91. The number of esters is 1. The minimum absolute atomic E-state index is 0. The molecule has 1 saturated heterocycles. The second-order valence-corrected chi connectivity index (χ2v) is 11.1. The minimum atomic E-state index is -2.90. The number of carboxylic acids is 1. The molecular formula is C32H30ClF2N2NaO10. The van der Waals surface area contributed by atoms with E-state index in [4.69, 9.17) is 25.8 Å². The Balaban J connectivity index is 0.00000625. The first kappa shape index (κ1) is 39.0. The number of hydrogen-bond acceptors (Lipinski definition) is 10. The van der Waals surface area contributed by atoms with Gasteiger partial charge in [0.25, 0.3) is 5.91 Å². The Morgan fingerprint density at radius 3 is 2.31 bits per heavy atom. The van der Waals surface area contributed by atoms with Crippen LogP contribution in [0.25, 0.3) is 0 Å². The van der Waals surface area contributed by atoms with Crippen LogP contribution in [0.2, 0.25) is 5.02 Å². The van der Waals surface area contributed by atoms with E-state index in [1.807, 2.05) is 0 Å². The second kappa shape index (κ2) is 17.3. The summed E-state index contributed by atoms with van der Waals surface area (Å²) in [4.78, 5) is 50.6. The summed E-state index contributed by atoms with van der Waals surface area (Å²) in [5.74, 6) is -9.85. The molecule has 0 aromatic heterocycles. The Morgan fingerprint density at radius 1 is 1.02 bits per heavy atom. The molecule has 1 fully saturated rings. The number of hydrogen-bond donors (Lipinski definition) is 4. The predicted molar refractivity (Wildman–Crippen MR) is 157 cm³/mol. The van der Waals surface area contributed by atoms with E-state index in [1.165, 1.54) is 48.5 Å². The Kier molecular flexibility index (Phi) is 14.0. The number of carboxylic acid groups (broad SMARTS) is 1. The summed E-state index contributed by atoms with van der Waals surface area (Å²) in [7, 11) is 0. The average molecular weight is 699 g/mol. The zero-order chi connectivity index (χ0) is 34.3. The molecule has 48 heavy (non-hydrogen) atoms. The van der Waals surface area contributed by atoms with E-state index in [-0.39, 0.29) is 40.7 Å². The summed E-state index contributed by atoms with van der Waals surface area (Å²) >= 11 is 5.84. The van der Waals surface area contributed by atoms with Crippen LogP contribution >= 0.6 is 11.6 Å². The maximum atomic E-state index is 14.4. The SMILES string of the molecule is CC(=O)N[C@H]1[C@H]([C@H](O)[C@H](O)CNC(=O)c2ccc(Cl)cc2)O[C@@](OCc2cccc(F)c2F)(C(=O)[O-])C[C@@H]1OC(=O)c1ccccc1.[Na+]. The molecule has 16 heteroatoms. The summed E-state index contributed by atoms with van der Waals surface area (Å²) in [6, 6.07) is 14.9. The quantitative estimate of drug-likeness (QED) is 0.125. The molecule has 4 rings (SSSR count). The molecule has 0 radical (unpaired) electrons. The number of carbonyl (C=O) groups is 4. The first-order chi connectivity index (χ1) is 22.3. The number of nitrogens with one attached hydrogen (secondary N) is 2. The zero-order valence-corrected chi connectivity index (χ0v) is 28.5. The third-order valence-corrected chi connectivity index (χ3v) is 7.55. The topological polar surface area (TPSA) is 184 Å². The molecule has 12 nitrogen and oxygen atoms in total. The van der Waals surface area contributed by atoms with Gasteiger partial charge in [-0.25, -0.2) is 13.6 Å². The summed E-state index contributed by atoms with van der Waals surface area (Å²) in [5.41, 5.74) is -0.189. The second-order valence-electron chi connectivity index (χ2n) is 10.6. The van der Waals surface area contributed by atoms with Crippen LogP contribution in [0, 0.1) is 11.6 Å². The number of aliphatic hydroxyl groups is 2. The van der Waals surface area contributed by atoms with Crippen LogP contribution in [-0.2, 0) is 30.4 Å². The van der Waals surface area contributed by atoms with Crippen LogP contribution in [-0.4, -0.2) is 76.8 Å². The monoisotopic (exact) mass is 698 g/mol. The fourth-order valence-corrected chi connectivity index (χ4v) is 5.04. The van der Waals surface area contributed by atoms with Crippen LogP contribution in [0.4, 0.5) is 8.78 Å². The molecule has 1 aliphatic rings. The van der Waals surface area contributed by atoms with E-state index in [2.05, 4.69) is 10.6 Å². The van der Waals surface area contributed by atoms with E-state index in [9.17, 15) is 43.3 Å². The summed E-state index contributed by atoms with van der Waals surface area (Å²) in [6.07, 6.45) is -8.33. The van der Waals surface area contributed by atoms with Gasteiger partial charge in [-0.3, -0.25) is 9.59 Å². The first-order valence-corrected chi connectivity index (χ1v) is 14.6. The molecule has 0 saturated carbocycles. The van der Waals surface area contributed by atoms with Crippen molar-refractivity contribution in [2.24, 2.45) is 0 Å². The maximum absolute atomic E-state index is 14.4. The van der Waals surface area contributed by atoms with Crippen molar-refractivity contribution in [3.63, 3.8) is 0 Å². The number of rotatable bonds is 12. The molecule has 0 bridgehead atoms. The van der Waals surface area contributed by atoms with Crippen molar-refractivity contribution in [2.45, 2.75) is 56.2 Å². The van der Waals surface area contributed by atoms with E-state index >= 15 is 0 Å². The largest absolute Gasteiger partial charge is 1.00 e. The number of benzene rings is 3. The smallest absolute Gasteiger partial charge is 0.544 e. The fraction of sp³-hybridized carbons (Fsp3) is 0.312. The van der Waals surface area contributed by atoms with Crippen molar-refractivity contribution in [1.29, 1.82) is 0 Å². The van der Waals surface area contributed by atoms with Gasteiger partial charge in [-0.05, 0) is 42.5 Å². The molecule has 250 valence electrons. The van der Waals surface area contributed by atoms with Crippen LogP contribution in [0.3, 0.4) is 0 Å². The standard InChI is InChI=1S/C32H31ClF2N2O10.Na/c1-17(38)37-26-24(46-30(42)19-6-3-2-4-7-19)14-32(31(43)44,45-16-20-8-5-9-22(34)25(20)35)47-28(26)27(40)23(39)15-36-29(41)18-10-12-21(33)13-11-18;/h2-13,23-24,26-28,39-40H,14-16H2,1H3,(H,36,41)(H,37,38)(H,43,44);/q;+1/p-1/t23-,24+,26-,27-,28-,32-;/m1./s1. The Morgan fingerprint density at radius 2 is 1.69 bits per heavy atom. The van der Waals surface area contributed by atoms with Gasteiger partial charge < -0.3 is 45.0 Å². The molecule has 1 heterocycles. The van der Waals surface area contributed by atoms with Gasteiger partial charge in [-0.2, -0.15) is 0 Å². The number of aliphatic hydroxyl groups excluding tert-OH is 2. The molecule has 0 unspecified atom stereocenters. The first-order valence-electron chi connectivity index (χ1n) is 14.2. The van der Waals surface area contributed by atoms with Crippen molar-refractivity contribution in [3.05, 3.63) is 106 Å². The van der Waals surface area contributed by atoms with Crippen molar-refractivity contribution >= 4 is 35.4 Å². The van der Waals surface area contributed by atoms with Crippen LogP contribution in [0.5, 0.6) is 0 Å². The Hall–Kier alpha value is -3.47. The van der Waals surface area contributed by atoms with E-state index in [1.54, 1.807) is 6.07 Å². The molecule has 3 aromatic carbocycles. The van der Waals surface area contributed by atoms with Gasteiger partial charge in [-0.1, -0.05) is 41.9 Å². The third-order valence-electron chi connectivity index (χ3n) is 7.30. The zero-order valence-electron chi connectivity index (χ0n) is 25.7. The van der Waals surface area contributed by atoms with Crippen molar-refractivity contribution in [3.8, 4) is 0 Å². The third kappa shape index (κ3) is 9.57. The van der Waals surface area contributed by atoms with E-state index in [0.29, 0.717) is 5.02 Å². The van der Waals surface area contributed by atoms with E-state index < -0.39 is 96.8 Å². The molecule has 6 atom stereocenters. The maximum Gasteiger partial charge on any atom is 1.00 e. The number of ether oxygens (including phenoxy) is 3. The van der Waals surface area contributed by atoms with Gasteiger partial charge in [-0.15, -0.1) is 0 Å². The van der Waals surface area contributed by atoms with Crippen molar-refractivity contribution < 1.29 is 87.0 Å². The van der Waals surface area contributed by atoms with Gasteiger partial charge in [0.15, 0.2) is 11.6 Å². The van der Waals surface area contributed by atoms with Gasteiger partial charge >= 0.3 is 35.5 Å². The summed E-state index contributed by atoms with van der Waals surface area (Å²) < 4.78 is 45.1. The van der Waals surface area contributed by atoms with Crippen molar-refractivity contribution in [2.75, 3.05) is 6.54 Å². The molecule has 3 aromatic rings. The van der Waals surface area contributed by atoms with Crippen molar-refractivity contribution in [1.82, 2.24) is 10.6 Å². The van der Waals surface area contributed by atoms with Crippen LogP contribution in [0.15, 0.2) is 72.8 Å². The molecule has 1 aliphatic heterocycles. The number of halogens is 3.